The Balaban J connectivity index is 2.00. The SMILES string of the molecule is COc1cccc(OC)c1C(=O)NCCC1(C)OCCO1. The van der Waals surface area contributed by atoms with E-state index in [4.69, 9.17) is 18.9 Å². The van der Waals surface area contributed by atoms with Gasteiger partial charge in [-0.05, 0) is 19.1 Å². The molecule has 1 N–H and O–H groups in total. The molecule has 1 aromatic rings. The summed E-state index contributed by atoms with van der Waals surface area (Å²) in [6.07, 6.45) is 0.580. The molecule has 0 aliphatic carbocycles. The maximum Gasteiger partial charge on any atom is 0.258 e. The van der Waals surface area contributed by atoms with Crippen molar-refractivity contribution in [2.24, 2.45) is 0 Å². The van der Waals surface area contributed by atoms with E-state index in [2.05, 4.69) is 5.32 Å². The molecular formula is C15H21NO5. The Labute approximate surface area is 124 Å². The first-order valence-electron chi connectivity index (χ1n) is 6.87. The Hall–Kier alpha value is -1.79. The van der Waals surface area contributed by atoms with Crippen LogP contribution in [0.2, 0.25) is 0 Å². The van der Waals surface area contributed by atoms with E-state index >= 15 is 0 Å². The Kier molecular flexibility index (Phi) is 5.03. The van der Waals surface area contributed by atoms with Gasteiger partial charge in [-0.2, -0.15) is 0 Å². The van der Waals surface area contributed by atoms with Crippen LogP contribution in [0.3, 0.4) is 0 Å². The lowest BCUT2D eigenvalue weighted by atomic mass is 10.1. The monoisotopic (exact) mass is 295 g/mol. The summed E-state index contributed by atoms with van der Waals surface area (Å²) in [6.45, 7) is 3.49. The second-order valence-corrected chi connectivity index (χ2v) is 4.87. The average Bonchev–Trinajstić information content (AvgIpc) is 2.92. The number of nitrogens with one attached hydrogen (secondary N) is 1. The first-order chi connectivity index (χ1) is 10.1. The summed E-state index contributed by atoms with van der Waals surface area (Å²) in [6, 6.07) is 5.22. The van der Waals surface area contributed by atoms with Gasteiger partial charge in [0.15, 0.2) is 5.79 Å². The van der Waals surface area contributed by atoms with Crippen LogP contribution in [0.25, 0.3) is 0 Å². The molecule has 1 amide bonds. The molecule has 0 spiro atoms. The molecular weight excluding hydrogens is 274 g/mol. The summed E-state index contributed by atoms with van der Waals surface area (Å²) in [7, 11) is 3.04. The van der Waals surface area contributed by atoms with Gasteiger partial charge in [0.05, 0.1) is 27.4 Å². The molecule has 1 aliphatic heterocycles. The lowest BCUT2D eigenvalue weighted by Gasteiger charge is -2.22. The topological polar surface area (TPSA) is 66.0 Å². The minimum atomic E-state index is -0.613. The molecule has 116 valence electrons. The van der Waals surface area contributed by atoms with E-state index in [0.29, 0.717) is 43.2 Å². The van der Waals surface area contributed by atoms with Crippen LogP contribution in [-0.2, 0) is 9.47 Å². The molecule has 0 saturated carbocycles. The van der Waals surface area contributed by atoms with Gasteiger partial charge in [-0.25, -0.2) is 0 Å². The van der Waals surface area contributed by atoms with Crippen molar-refractivity contribution in [3.05, 3.63) is 23.8 Å². The minimum absolute atomic E-state index is 0.245. The van der Waals surface area contributed by atoms with Gasteiger partial charge in [-0.3, -0.25) is 4.79 Å². The Morgan fingerprint density at radius 2 is 1.81 bits per heavy atom. The largest absolute Gasteiger partial charge is 0.496 e. The molecule has 1 aromatic carbocycles. The molecule has 0 bridgehead atoms. The lowest BCUT2D eigenvalue weighted by molar-refractivity contribution is -0.145. The number of benzene rings is 1. The van der Waals surface area contributed by atoms with Gasteiger partial charge < -0.3 is 24.3 Å². The lowest BCUT2D eigenvalue weighted by Crippen LogP contribution is -2.33. The van der Waals surface area contributed by atoms with Gasteiger partial charge in [0.1, 0.15) is 17.1 Å². The first kappa shape index (κ1) is 15.6. The van der Waals surface area contributed by atoms with Crippen molar-refractivity contribution in [2.75, 3.05) is 34.0 Å². The summed E-state index contributed by atoms with van der Waals surface area (Å²) < 4.78 is 21.4. The minimum Gasteiger partial charge on any atom is -0.496 e. The Morgan fingerprint density at radius 3 is 2.33 bits per heavy atom. The molecule has 6 nitrogen and oxygen atoms in total. The van der Waals surface area contributed by atoms with Gasteiger partial charge in [0, 0.05) is 13.0 Å². The van der Waals surface area contributed by atoms with E-state index in [1.165, 1.54) is 14.2 Å². The van der Waals surface area contributed by atoms with Crippen LogP contribution in [0.15, 0.2) is 18.2 Å². The summed E-state index contributed by atoms with van der Waals surface area (Å²) >= 11 is 0. The molecule has 1 heterocycles. The molecule has 21 heavy (non-hydrogen) atoms. The van der Waals surface area contributed by atoms with Gasteiger partial charge in [0.25, 0.3) is 5.91 Å². The fourth-order valence-corrected chi connectivity index (χ4v) is 2.27. The van der Waals surface area contributed by atoms with Crippen molar-refractivity contribution in [1.29, 1.82) is 0 Å². The second-order valence-electron chi connectivity index (χ2n) is 4.87. The van der Waals surface area contributed by atoms with E-state index in [1.807, 2.05) is 6.92 Å². The molecule has 0 unspecified atom stereocenters. The predicted molar refractivity (Wildman–Crippen MR) is 76.8 cm³/mol. The van der Waals surface area contributed by atoms with Gasteiger partial charge in [-0.1, -0.05) is 6.07 Å². The van der Waals surface area contributed by atoms with Gasteiger partial charge in [-0.15, -0.1) is 0 Å². The third-order valence-electron chi connectivity index (χ3n) is 3.42. The van der Waals surface area contributed by atoms with Crippen LogP contribution in [0, 0.1) is 0 Å². The van der Waals surface area contributed by atoms with Crippen LogP contribution in [0.1, 0.15) is 23.7 Å². The molecule has 0 atom stereocenters. The number of carbonyl (C=O) groups excluding carboxylic acids is 1. The highest BCUT2D eigenvalue weighted by molar-refractivity contribution is 5.99. The summed E-state index contributed by atoms with van der Waals surface area (Å²) in [5.74, 6) is 0.0989. The van der Waals surface area contributed by atoms with Crippen molar-refractivity contribution in [3.8, 4) is 11.5 Å². The molecule has 1 saturated heterocycles. The first-order valence-corrected chi connectivity index (χ1v) is 6.87. The number of methoxy groups -OCH3 is 2. The molecule has 1 aliphatic rings. The molecule has 2 rings (SSSR count). The fraction of sp³-hybridized carbons (Fsp3) is 0.533. The standard InChI is InChI=1S/C15H21NO5/c1-15(20-9-10-21-15)7-8-16-14(17)13-11(18-2)5-4-6-12(13)19-3/h4-6H,7-10H2,1-3H3,(H,16,17). The third kappa shape index (κ3) is 3.65. The van der Waals surface area contributed by atoms with E-state index in [-0.39, 0.29) is 5.91 Å². The highest BCUT2D eigenvalue weighted by Gasteiger charge is 2.30. The van der Waals surface area contributed by atoms with E-state index in [9.17, 15) is 4.79 Å². The highest BCUT2D eigenvalue weighted by Crippen LogP contribution is 2.28. The molecule has 0 radical (unpaired) electrons. The van der Waals surface area contributed by atoms with Crippen molar-refractivity contribution < 1.29 is 23.7 Å². The Bertz CT molecular complexity index is 475. The Morgan fingerprint density at radius 1 is 1.24 bits per heavy atom. The zero-order chi connectivity index (χ0) is 15.3. The number of amides is 1. The third-order valence-corrected chi connectivity index (χ3v) is 3.42. The number of ether oxygens (including phenoxy) is 4. The van der Waals surface area contributed by atoms with Gasteiger partial charge in [0.2, 0.25) is 0 Å². The van der Waals surface area contributed by atoms with Crippen molar-refractivity contribution >= 4 is 5.91 Å². The highest BCUT2D eigenvalue weighted by atomic mass is 16.7. The van der Waals surface area contributed by atoms with E-state index in [1.54, 1.807) is 18.2 Å². The van der Waals surface area contributed by atoms with Crippen LogP contribution < -0.4 is 14.8 Å². The molecule has 6 heteroatoms. The summed E-state index contributed by atoms with van der Waals surface area (Å²) in [5, 5.41) is 2.84. The molecule has 1 fully saturated rings. The number of rotatable bonds is 6. The van der Waals surface area contributed by atoms with E-state index < -0.39 is 5.79 Å². The summed E-state index contributed by atoms with van der Waals surface area (Å²) in [5.41, 5.74) is 0.390. The number of hydrogen-bond donors (Lipinski definition) is 1. The number of carbonyl (C=O) groups is 1. The fourth-order valence-electron chi connectivity index (χ4n) is 2.27. The van der Waals surface area contributed by atoms with Crippen molar-refractivity contribution in [2.45, 2.75) is 19.1 Å². The van der Waals surface area contributed by atoms with Crippen molar-refractivity contribution in [3.63, 3.8) is 0 Å². The van der Waals surface area contributed by atoms with Crippen molar-refractivity contribution in [1.82, 2.24) is 5.32 Å². The van der Waals surface area contributed by atoms with Crippen LogP contribution in [-0.4, -0.2) is 45.7 Å². The van der Waals surface area contributed by atoms with Gasteiger partial charge >= 0.3 is 0 Å². The van der Waals surface area contributed by atoms with Crippen LogP contribution >= 0.6 is 0 Å². The second kappa shape index (κ2) is 6.78. The van der Waals surface area contributed by atoms with Crippen LogP contribution in [0.5, 0.6) is 11.5 Å². The maximum absolute atomic E-state index is 12.3. The van der Waals surface area contributed by atoms with E-state index in [0.717, 1.165) is 0 Å². The smallest absolute Gasteiger partial charge is 0.258 e. The normalized spacial score (nSPS) is 16.5. The zero-order valence-electron chi connectivity index (χ0n) is 12.6. The molecule has 0 aromatic heterocycles. The number of hydrogen-bond acceptors (Lipinski definition) is 5. The maximum atomic E-state index is 12.3. The average molecular weight is 295 g/mol. The zero-order valence-corrected chi connectivity index (χ0v) is 12.6. The summed E-state index contributed by atoms with van der Waals surface area (Å²) in [4.78, 5) is 12.3. The predicted octanol–water partition coefficient (Wildman–Crippen LogP) is 1.59. The van der Waals surface area contributed by atoms with Crippen LogP contribution in [0.4, 0.5) is 0 Å². The quantitative estimate of drug-likeness (QED) is 0.863.